The van der Waals surface area contributed by atoms with Crippen LogP contribution in [0.15, 0.2) is 18.2 Å². The van der Waals surface area contributed by atoms with E-state index >= 15 is 0 Å². The van der Waals surface area contributed by atoms with Crippen LogP contribution in [0.1, 0.15) is 39.7 Å². The van der Waals surface area contributed by atoms with Crippen molar-refractivity contribution in [3.8, 4) is 0 Å². The van der Waals surface area contributed by atoms with Gasteiger partial charge in [0.25, 0.3) is 0 Å². The fourth-order valence-electron chi connectivity index (χ4n) is 2.69. The molecule has 1 unspecified atom stereocenters. The summed E-state index contributed by atoms with van der Waals surface area (Å²) in [5.41, 5.74) is 13.7. The predicted molar refractivity (Wildman–Crippen MR) is 79.2 cm³/mol. The van der Waals surface area contributed by atoms with E-state index in [-0.39, 0.29) is 6.04 Å². The van der Waals surface area contributed by atoms with Gasteiger partial charge in [0.2, 0.25) is 0 Å². The molecule has 3 nitrogen and oxygen atoms in total. The van der Waals surface area contributed by atoms with Crippen LogP contribution in [-0.4, -0.2) is 9.78 Å². The molecule has 0 saturated heterocycles. The lowest BCUT2D eigenvalue weighted by atomic mass is 9.94. The second-order valence-corrected chi connectivity index (χ2v) is 5.45. The molecule has 3 heteroatoms. The summed E-state index contributed by atoms with van der Waals surface area (Å²) >= 11 is 0. The molecule has 0 spiro atoms. The molecule has 2 N–H and O–H groups in total. The lowest BCUT2D eigenvalue weighted by Gasteiger charge is -2.15. The van der Waals surface area contributed by atoms with Crippen LogP contribution < -0.4 is 5.73 Å². The van der Waals surface area contributed by atoms with Crippen LogP contribution in [0, 0.1) is 27.7 Å². The molecule has 1 heterocycles. The summed E-state index contributed by atoms with van der Waals surface area (Å²) in [6.45, 7) is 8.38. The van der Waals surface area contributed by atoms with Crippen molar-refractivity contribution in [2.75, 3.05) is 0 Å². The molecule has 1 aromatic heterocycles. The first-order valence-electron chi connectivity index (χ1n) is 6.72. The van der Waals surface area contributed by atoms with Gasteiger partial charge in [-0.2, -0.15) is 5.10 Å². The molecule has 0 aliphatic heterocycles. The number of nitrogens with two attached hydrogens (primary N) is 1. The highest BCUT2D eigenvalue weighted by Gasteiger charge is 2.17. The summed E-state index contributed by atoms with van der Waals surface area (Å²) < 4.78 is 1.91. The average molecular weight is 257 g/mol. The van der Waals surface area contributed by atoms with Crippen LogP contribution in [0.3, 0.4) is 0 Å². The fraction of sp³-hybridized carbons (Fsp3) is 0.438. The maximum absolute atomic E-state index is 6.41. The minimum Gasteiger partial charge on any atom is -0.324 e. The SMILES string of the molecule is Cc1ccc(C)c(CC(N)c2c(C)nn(C)c2C)c1. The lowest BCUT2D eigenvalue weighted by molar-refractivity contribution is 0.698. The van der Waals surface area contributed by atoms with Gasteiger partial charge in [-0.15, -0.1) is 0 Å². The molecular formula is C16H23N3. The maximum Gasteiger partial charge on any atom is 0.0644 e. The second-order valence-electron chi connectivity index (χ2n) is 5.45. The van der Waals surface area contributed by atoms with Crippen molar-refractivity contribution in [2.24, 2.45) is 12.8 Å². The molecule has 0 aliphatic rings. The number of rotatable bonds is 3. The maximum atomic E-state index is 6.41. The fourth-order valence-corrected chi connectivity index (χ4v) is 2.69. The highest BCUT2D eigenvalue weighted by molar-refractivity contribution is 5.34. The smallest absolute Gasteiger partial charge is 0.0644 e. The van der Waals surface area contributed by atoms with Crippen LogP contribution in [0.25, 0.3) is 0 Å². The van der Waals surface area contributed by atoms with E-state index < -0.39 is 0 Å². The molecule has 1 aromatic carbocycles. The molecule has 1 atom stereocenters. The van der Waals surface area contributed by atoms with Gasteiger partial charge in [-0.3, -0.25) is 4.68 Å². The minimum atomic E-state index is 0.00852. The van der Waals surface area contributed by atoms with Crippen molar-refractivity contribution in [3.05, 3.63) is 51.8 Å². The van der Waals surface area contributed by atoms with Crippen molar-refractivity contribution < 1.29 is 0 Å². The number of aryl methyl sites for hydroxylation is 4. The Balaban J connectivity index is 2.30. The van der Waals surface area contributed by atoms with Crippen LogP contribution in [-0.2, 0) is 13.5 Å². The van der Waals surface area contributed by atoms with E-state index in [1.54, 1.807) is 0 Å². The lowest BCUT2D eigenvalue weighted by Crippen LogP contribution is -2.16. The predicted octanol–water partition coefficient (Wildman–Crippen LogP) is 2.90. The first-order valence-corrected chi connectivity index (χ1v) is 6.72. The minimum absolute atomic E-state index is 0.00852. The first kappa shape index (κ1) is 13.8. The summed E-state index contributed by atoms with van der Waals surface area (Å²) in [7, 11) is 1.97. The van der Waals surface area contributed by atoms with Gasteiger partial charge in [-0.1, -0.05) is 23.8 Å². The van der Waals surface area contributed by atoms with Crippen molar-refractivity contribution in [3.63, 3.8) is 0 Å². The third kappa shape index (κ3) is 2.71. The Labute approximate surface area is 115 Å². The summed E-state index contributed by atoms with van der Waals surface area (Å²) in [6.07, 6.45) is 0.862. The zero-order valence-electron chi connectivity index (χ0n) is 12.5. The molecule has 0 radical (unpaired) electrons. The zero-order valence-corrected chi connectivity index (χ0v) is 12.5. The molecule has 0 saturated carbocycles. The number of benzene rings is 1. The highest BCUT2D eigenvalue weighted by atomic mass is 15.3. The van der Waals surface area contributed by atoms with Gasteiger partial charge in [0.15, 0.2) is 0 Å². The molecule has 19 heavy (non-hydrogen) atoms. The van der Waals surface area contributed by atoms with Gasteiger partial charge >= 0.3 is 0 Å². The Morgan fingerprint density at radius 1 is 1.21 bits per heavy atom. The summed E-state index contributed by atoms with van der Waals surface area (Å²) in [4.78, 5) is 0. The van der Waals surface area contributed by atoms with Gasteiger partial charge in [-0.25, -0.2) is 0 Å². The van der Waals surface area contributed by atoms with Gasteiger partial charge in [0.05, 0.1) is 5.69 Å². The van der Waals surface area contributed by atoms with Crippen LogP contribution in [0.5, 0.6) is 0 Å². The molecule has 2 aromatic rings. The Bertz CT molecular complexity index is 596. The van der Waals surface area contributed by atoms with Crippen LogP contribution in [0.4, 0.5) is 0 Å². The zero-order chi connectivity index (χ0) is 14.2. The quantitative estimate of drug-likeness (QED) is 0.918. The Hall–Kier alpha value is -1.61. The van der Waals surface area contributed by atoms with E-state index in [2.05, 4.69) is 44.1 Å². The number of nitrogens with zero attached hydrogens (tertiary/aromatic N) is 2. The normalized spacial score (nSPS) is 12.7. The summed E-state index contributed by atoms with van der Waals surface area (Å²) in [6, 6.07) is 6.55. The van der Waals surface area contributed by atoms with Gasteiger partial charge in [-0.05, 0) is 45.2 Å². The van der Waals surface area contributed by atoms with Gasteiger partial charge in [0, 0.05) is 24.3 Å². The largest absolute Gasteiger partial charge is 0.324 e. The van der Waals surface area contributed by atoms with E-state index in [9.17, 15) is 0 Å². The van der Waals surface area contributed by atoms with Crippen molar-refractivity contribution >= 4 is 0 Å². The molecule has 0 aliphatic carbocycles. The van der Waals surface area contributed by atoms with E-state index in [1.807, 2.05) is 18.7 Å². The monoisotopic (exact) mass is 257 g/mol. The molecule has 2 rings (SSSR count). The van der Waals surface area contributed by atoms with Crippen LogP contribution >= 0.6 is 0 Å². The van der Waals surface area contributed by atoms with Crippen molar-refractivity contribution in [1.82, 2.24) is 9.78 Å². The highest BCUT2D eigenvalue weighted by Crippen LogP contribution is 2.24. The van der Waals surface area contributed by atoms with Gasteiger partial charge in [0.1, 0.15) is 0 Å². The third-order valence-electron chi connectivity index (χ3n) is 3.88. The topological polar surface area (TPSA) is 43.8 Å². The first-order chi connectivity index (χ1) is 8.90. The van der Waals surface area contributed by atoms with E-state index in [1.165, 1.54) is 22.3 Å². The number of aromatic nitrogens is 2. The van der Waals surface area contributed by atoms with E-state index in [0.717, 1.165) is 17.8 Å². The Morgan fingerprint density at radius 3 is 2.47 bits per heavy atom. The Morgan fingerprint density at radius 2 is 1.89 bits per heavy atom. The molecule has 0 bridgehead atoms. The molecule has 0 fully saturated rings. The summed E-state index contributed by atoms with van der Waals surface area (Å²) in [5.74, 6) is 0. The second kappa shape index (κ2) is 5.17. The summed E-state index contributed by atoms with van der Waals surface area (Å²) in [5, 5.41) is 4.45. The Kier molecular flexibility index (Phi) is 3.76. The standard InChI is InChI=1S/C16H23N3/c1-10-6-7-11(2)14(8-10)9-15(17)16-12(3)18-19(5)13(16)4/h6-8,15H,9,17H2,1-5H3. The van der Waals surface area contributed by atoms with Gasteiger partial charge < -0.3 is 5.73 Å². The van der Waals surface area contributed by atoms with Crippen molar-refractivity contribution in [2.45, 2.75) is 40.2 Å². The average Bonchev–Trinajstić information content (AvgIpc) is 2.58. The third-order valence-corrected chi connectivity index (χ3v) is 3.88. The number of hydrogen-bond donors (Lipinski definition) is 1. The van der Waals surface area contributed by atoms with E-state index in [0.29, 0.717) is 0 Å². The molecule has 0 amide bonds. The van der Waals surface area contributed by atoms with E-state index in [4.69, 9.17) is 5.73 Å². The van der Waals surface area contributed by atoms with Crippen LogP contribution in [0.2, 0.25) is 0 Å². The molecule has 102 valence electrons. The van der Waals surface area contributed by atoms with Crippen molar-refractivity contribution in [1.29, 1.82) is 0 Å². The number of hydrogen-bond acceptors (Lipinski definition) is 2. The molecular weight excluding hydrogens is 234 g/mol.